The van der Waals surface area contributed by atoms with Gasteiger partial charge in [0.1, 0.15) is 11.8 Å². The molecule has 2 aromatic carbocycles. The van der Waals surface area contributed by atoms with Gasteiger partial charge in [0.25, 0.3) is 0 Å². The van der Waals surface area contributed by atoms with E-state index < -0.39 is 5.82 Å². The van der Waals surface area contributed by atoms with Crippen molar-refractivity contribution in [1.82, 2.24) is 4.98 Å². The monoisotopic (exact) mass is 320 g/mol. The Balaban J connectivity index is 2.01. The molecule has 0 aliphatic heterocycles. The van der Waals surface area contributed by atoms with Gasteiger partial charge in [-0.25, -0.2) is 4.39 Å². The molecule has 0 saturated heterocycles. The van der Waals surface area contributed by atoms with Crippen LogP contribution in [0, 0.1) is 17.1 Å². The second-order valence-corrected chi connectivity index (χ2v) is 6.76. The zero-order valence-electron chi connectivity index (χ0n) is 13.8. The van der Waals surface area contributed by atoms with Gasteiger partial charge in [0, 0.05) is 22.9 Å². The third kappa shape index (κ3) is 1.81. The maximum absolute atomic E-state index is 14.6. The van der Waals surface area contributed by atoms with Crippen LogP contribution >= 0.6 is 0 Å². The largest absolute Gasteiger partial charge is 0.497 e. The Bertz CT molecular complexity index is 1020. The van der Waals surface area contributed by atoms with Crippen LogP contribution in [-0.4, -0.2) is 12.1 Å². The van der Waals surface area contributed by atoms with Crippen LogP contribution in [0.25, 0.3) is 10.9 Å². The van der Waals surface area contributed by atoms with Crippen molar-refractivity contribution in [1.29, 1.82) is 5.26 Å². The normalized spacial score (nSPS) is 14.8. The molecule has 3 aromatic rings. The van der Waals surface area contributed by atoms with Gasteiger partial charge in [0.2, 0.25) is 0 Å². The standard InChI is InChI=1S/C20H17FN2O/c1-20(2)16-9-13(24-3)6-4-11(16)8-15-14-7-5-12(10-22)17(21)18(14)23-19(15)20/h4-7,9,23H,8H2,1-3H3. The van der Waals surface area contributed by atoms with Crippen molar-refractivity contribution in [2.75, 3.05) is 7.11 Å². The van der Waals surface area contributed by atoms with Gasteiger partial charge in [-0.1, -0.05) is 26.0 Å². The molecule has 1 heterocycles. The van der Waals surface area contributed by atoms with E-state index in [1.165, 1.54) is 11.1 Å². The Hall–Kier alpha value is -2.80. The number of H-pyrrole nitrogens is 1. The highest BCUT2D eigenvalue weighted by Crippen LogP contribution is 2.45. The second kappa shape index (κ2) is 4.85. The fourth-order valence-electron chi connectivity index (χ4n) is 3.83. The SMILES string of the molecule is COc1ccc2c(c1)C(C)(C)c1[nH]c3c(F)c(C#N)ccc3c1C2. The predicted octanol–water partition coefficient (Wildman–Crippen LogP) is 4.42. The number of methoxy groups -OCH3 is 1. The number of nitriles is 1. The van der Waals surface area contributed by atoms with E-state index in [-0.39, 0.29) is 11.0 Å². The topological polar surface area (TPSA) is 48.8 Å². The van der Waals surface area contributed by atoms with Gasteiger partial charge < -0.3 is 9.72 Å². The lowest BCUT2D eigenvalue weighted by Crippen LogP contribution is -2.27. The first-order valence-corrected chi connectivity index (χ1v) is 7.88. The van der Waals surface area contributed by atoms with Crippen molar-refractivity contribution in [3.63, 3.8) is 0 Å². The van der Waals surface area contributed by atoms with E-state index in [1.54, 1.807) is 13.2 Å². The van der Waals surface area contributed by atoms with E-state index in [1.807, 2.05) is 18.2 Å². The maximum atomic E-state index is 14.6. The number of halogens is 1. The quantitative estimate of drug-likeness (QED) is 0.721. The minimum absolute atomic E-state index is 0.0677. The van der Waals surface area contributed by atoms with Crippen molar-refractivity contribution in [2.24, 2.45) is 0 Å². The number of fused-ring (bicyclic) bond motifs is 4. The Morgan fingerprint density at radius 3 is 2.75 bits per heavy atom. The highest BCUT2D eigenvalue weighted by molar-refractivity contribution is 5.88. The predicted molar refractivity (Wildman–Crippen MR) is 90.9 cm³/mol. The number of aromatic amines is 1. The summed E-state index contributed by atoms with van der Waals surface area (Å²) in [4.78, 5) is 3.26. The number of ether oxygens (including phenoxy) is 1. The molecule has 24 heavy (non-hydrogen) atoms. The summed E-state index contributed by atoms with van der Waals surface area (Å²) in [6, 6.07) is 11.4. The van der Waals surface area contributed by atoms with Gasteiger partial charge >= 0.3 is 0 Å². The molecular weight excluding hydrogens is 303 g/mol. The smallest absolute Gasteiger partial charge is 0.164 e. The fourth-order valence-corrected chi connectivity index (χ4v) is 3.83. The zero-order valence-corrected chi connectivity index (χ0v) is 13.8. The molecule has 0 fully saturated rings. The first-order valence-electron chi connectivity index (χ1n) is 7.88. The first-order chi connectivity index (χ1) is 11.5. The van der Waals surface area contributed by atoms with E-state index >= 15 is 0 Å². The van der Waals surface area contributed by atoms with Crippen molar-refractivity contribution in [3.8, 4) is 11.8 Å². The van der Waals surface area contributed by atoms with E-state index in [2.05, 4.69) is 31.0 Å². The molecule has 0 atom stereocenters. The molecule has 1 aliphatic carbocycles. The van der Waals surface area contributed by atoms with Gasteiger partial charge in [0.05, 0.1) is 18.2 Å². The van der Waals surface area contributed by atoms with E-state index in [0.29, 0.717) is 5.52 Å². The lowest BCUT2D eigenvalue weighted by atomic mass is 9.72. The van der Waals surface area contributed by atoms with Gasteiger partial charge in [-0.15, -0.1) is 0 Å². The van der Waals surface area contributed by atoms with Crippen LogP contribution in [0.5, 0.6) is 5.75 Å². The van der Waals surface area contributed by atoms with Crippen LogP contribution in [0.1, 0.15) is 41.8 Å². The van der Waals surface area contributed by atoms with Crippen LogP contribution in [0.15, 0.2) is 30.3 Å². The molecular formula is C20H17FN2O. The molecule has 0 unspecified atom stereocenters. The Labute approximate surface area is 139 Å². The maximum Gasteiger partial charge on any atom is 0.164 e. The van der Waals surface area contributed by atoms with Gasteiger partial charge in [-0.3, -0.25) is 0 Å². The average Bonchev–Trinajstić information content (AvgIpc) is 2.96. The Morgan fingerprint density at radius 1 is 1.25 bits per heavy atom. The summed E-state index contributed by atoms with van der Waals surface area (Å²) in [6.07, 6.45) is 0.740. The lowest BCUT2D eigenvalue weighted by Gasteiger charge is -2.33. The molecule has 0 saturated carbocycles. The van der Waals surface area contributed by atoms with Crippen LogP contribution in [-0.2, 0) is 11.8 Å². The summed E-state index contributed by atoms with van der Waals surface area (Å²) in [6.45, 7) is 4.25. The molecule has 1 N–H and O–H groups in total. The Morgan fingerprint density at radius 2 is 2.04 bits per heavy atom. The van der Waals surface area contributed by atoms with Crippen LogP contribution in [0.3, 0.4) is 0 Å². The van der Waals surface area contributed by atoms with Crippen LogP contribution in [0.4, 0.5) is 4.39 Å². The first kappa shape index (κ1) is 14.8. The third-order valence-corrected chi connectivity index (χ3v) is 5.12. The Kier molecular flexibility index (Phi) is 2.98. The molecule has 0 radical (unpaired) electrons. The van der Waals surface area contributed by atoms with Crippen molar-refractivity contribution >= 4 is 10.9 Å². The molecule has 0 spiro atoms. The summed E-state index contributed by atoms with van der Waals surface area (Å²) in [7, 11) is 1.66. The molecule has 120 valence electrons. The highest BCUT2D eigenvalue weighted by Gasteiger charge is 2.36. The molecule has 1 aliphatic rings. The summed E-state index contributed by atoms with van der Waals surface area (Å²) in [5, 5.41) is 9.92. The van der Waals surface area contributed by atoms with E-state index in [4.69, 9.17) is 10.00 Å². The number of hydrogen-bond acceptors (Lipinski definition) is 2. The molecule has 0 amide bonds. The number of aromatic nitrogens is 1. The fraction of sp³-hybridized carbons (Fsp3) is 0.250. The highest BCUT2D eigenvalue weighted by atomic mass is 19.1. The lowest BCUT2D eigenvalue weighted by molar-refractivity contribution is 0.412. The molecule has 4 rings (SSSR count). The number of benzene rings is 2. The van der Waals surface area contributed by atoms with Crippen molar-refractivity contribution in [2.45, 2.75) is 25.7 Å². The number of rotatable bonds is 1. The minimum Gasteiger partial charge on any atom is -0.497 e. The van der Waals surface area contributed by atoms with E-state index in [9.17, 15) is 4.39 Å². The van der Waals surface area contributed by atoms with Crippen LogP contribution in [0.2, 0.25) is 0 Å². The summed E-state index contributed by atoms with van der Waals surface area (Å²) in [5.41, 5.74) is 4.71. The van der Waals surface area contributed by atoms with Gasteiger partial charge in [-0.05, 0) is 34.9 Å². The summed E-state index contributed by atoms with van der Waals surface area (Å²) in [5.74, 6) is 0.348. The summed E-state index contributed by atoms with van der Waals surface area (Å²) < 4.78 is 19.9. The van der Waals surface area contributed by atoms with Crippen molar-refractivity contribution < 1.29 is 9.13 Å². The van der Waals surface area contributed by atoms with Gasteiger partial charge in [0.15, 0.2) is 5.82 Å². The average molecular weight is 320 g/mol. The van der Waals surface area contributed by atoms with Crippen LogP contribution < -0.4 is 4.74 Å². The van der Waals surface area contributed by atoms with Gasteiger partial charge in [-0.2, -0.15) is 5.26 Å². The second-order valence-electron chi connectivity index (χ2n) is 6.76. The third-order valence-electron chi connectivity index (χ3n) is 5.12. The minimum atomic E-state index is -0.471. The van der Waals surface area contributed by atoms with Crippen molar-refractivity contribution in [3.05, 3.63) is 64.1 Å². The molecule has 0 bridgehead atoms. The number of hydrogen-bond donors (Lipinski definition) is 1. The van der Waals surface area contributed by atoms with E-state index in [0.717, 1.165) is 28.8 Å². The molecule has 3 nitrogen and oxygen atoms in total. The molecule has 4 heteroatoms. The number of nitrogens with one attached hydrogen (secondary N) is 1. The molecule has 1 aromatic heterocycles. The summed E-state index contributed by atoms with van der Waals surface area (Å²) >= 11 is 0. The zero-order chi connectivity index (χ0) is 17.1. The number of nitrogens with zero attached hydrogens (tertiary/aromatic N) is 1.